The SMILES string of the molecule is NC1CCC(c2cccc(F)c2F)CN(c2ncccn2)C1. The van der Waals surface area contributed by atoms with Crippen molar-refractivity contribution < 1.29 is 8.78 Å². The van der Waals surface area contributed by atoms with Crippen LogP contribution in [0.1, 0.15) is 24.3 Å². The number of aromatic nitrogens is 2. The maximum Gasteiger partial charge on any atom is 0.225 e. The number of nitrogens with two attached hydrogens (primary N) is 1. The van der Waals surface area contributed by atoms with Crippen LogP contribution in [0.2, 0.25) is 0 Å². The van der Waals surface area contributed by atoms with E-state index >= 15 is 0 Å². The summed E-state index contributed by atoms with van der Waals surface area (Å²) in [7, 11) is 0. The molecule has 1 fully saturated rings. The molecule has 2 aromatic rings. The first-order valence-corrected chi connectivity index (χ1v) is 7.36. The number of rotatable bonds is 2. The highest BCUT2D eigenvalue weighted by molar-refractivity contribution is 5.33. The van der Waals surface area contributed by atoms with Gasteiger partial charge in [-0.2, -0.15) is 0 Å². The molecule has 1 aromatic carbocycles. The van der Waals surface area contributed by atoms with Gasteiger partial charge in [-0.15, -0.1) is 0 Å². The Balaban J connectivity index is 1.90. The largest absolute Gasteiger partial charge is 0.339 e. The molecule has 1 aliphatic rings. The van der Waals surface area contributed by atoms with E-state index < -0.39 is 11.6 Å². The molecule has 2 unspecified atom stereocenters. The molecule has 0 amide bonds. The Hall–Kier alpha value is -2.08. The van der Waals surface area contributed by atoms with Crippen LogP contribution in [0.4, 0.5) is 14.7 Å². The summed E-state index contributed by atoms with van der Waals surface area (Å²) in [6, 6.07) is 6.03. The molecule has 0 aliphatic carbocycles. The lowest BCUT2D eigenvalue weighted by molar-refractivity contribution is 0.480. The number of hydrogen-bond acceptors (Lipinski definition) is 4. The lowest BCUT2D eigenvalue weighted by atomic mass is 9.93. The summed E-state index contributed by atoms with van der Waals surface area (Å²) < 4.78 is 27.6. The van der Waals surface area contributed by atoms with Gasteiger partial charge in [0, 0.05) is 37.4 Å². The van der Waals surface area contributed by atoms with Gasteiger partial charge >= 0.3 is 0 Å². The van der Waals surface area contributed by atoms with Crippen LogP contribution in [-0.4, -0.2) is 29.1 Å². The highest BCUT2D eigenvalue weighted by Gasteiger charge is 2.27. The molecule has 0 spiro atoms. The average molecular weight is 304 g/mol. The van der Waals surface area contributed by atoms with Gasteiger partial charge in [-0.1, -0.05) is 12.1 Å². The van der Waals surface area contributed by atoms with Gasteiger partial charge in [0.1, 0.15) is 0 Å². The summed E-state index contributed by atoms with van der Waals surface area (Å²) in [6.45, 7) is 1.13. The molecule has 1 saturated heterocycles. The molecule has 116 valence electrons. The molecule has 1 aliphatic heterocycles. The Kier molecular flexibility index (Phi) is 4.29. The zero-order valence-corrected chi connectivity index (χ0v) is 12.1. The molecule has 2 atom stereocenters. The van der Waals surface area contributed by atoms with E-state index in [9.17, 15) is 8.78 Å². The number of nitrogens with zero attached hydrogens (tertiary/aromatic N) is 3. The first-order valence-electron chi connectivity index (χ1n) is 7.36. The maximum atomic E-state index is 14.1. The lowest BCUT2D eigenvalue weighted by Crippen LogP contribution is -2.37. The summed E-state index contributed by atoms with van der Waals surface area (Å²) in [4.78, 5) is 10.4. The zero-order valence-electron chi connectivity index (χ0n) is 12.1. The molecule has 0 radical (unpaired) electrons. The first kappa shape index (κ1) is 14.8. The average Bonchev–Trinajstić information content (AvgIpc) is 2.73. The molecule has 0 saturated carbocycles. The van der Waals surface area contributed by atoms with Gasteiger partial charge < -0.3 is 10.6 Å². The molecule has 6 heteroatoms. The molecule has 2 heterocycles. The van der Waals surface area contributed by atoms with Crippen molar-refractivity contribution >= 4 is 5.95 Å². The van der Waals surface area contributed by atoms with E-state index in [1.54, 1.807) is 30.6 Å². The summed E-state index contributed by atoms with van der Waals surface area (Å²) in [5, 5.41) is 0. The van der Waals surface area contributed by atoms with Crippen molar-refractivity contribution in [3.8, 4) is 0 Å². The van der Waals surface area contributed by atoms with E-state index in [-0.39, 0.29) is 12.0 Å². The highest BCUT2D eigenvalue weighted by Crippen LogP contribution is 2.30. The fourth-order valence-corrected chi connectivity index (χ4v) is 2.93. The third kappa shape index (κ3) is 3.06. The second-order valence-corrected chi connectivity index (χ2v) is 5.63. The van der Waals surface area contributed by atoms with Crippen molar-refractivity contribution in [3.63, 3.8) is 0 Å². The van der Waals surface area contributed by atoms with Gasteiger partial charge in [0.2, 0.25) is 5.95 Å². The van der Waals surface area contributed by atoms with Crippen molar-refractivity contribution in [1.29, 1.82) is 0 Å². The second kappa shape index (κ2) is 6.36. The Labute approximate surface area is 128 Å². The number of hydrogen-bond donors (Lipinski definition) is 1. The van der Waals surface area contributed by atoms with Crippen LogP contribution in [0.3, 0.4) is 0 Å². The fourth-order valence-electron chi connectivity index (χ4n) is 2.93. The second-order valence-electron chi connectivity index (χ2n) is 5.63. The van der Waals surface area contributed by atoms with E-state index in [1.165, 1.54) is 0 Å². The Morgan fingerprint density at radius 3 is 2.59 bits per heavy atom. The van der Waals surface area contributed by atoms with Gasteiger partial charge in [0.25, 0.3) is 0 Å². The fraction of sp³-hybridized carbons (Fsp3) is 0.375. The molecule has 4 nitrogen and oxygen atoms in total. The molecule has 22 heavy (non-hydrogen) atoms. The first-order chi connectivity index (χ1) is 10.6. The van der Waals surface area contributed by atoms with E-state index in [4.69, 9.17) is 5.73 Å². The van der Waals surface area contributed by atoms with Crippen LogP contribution in [0, 0.1) is 11.6 Å². The molecule has 0 bridgehead atoms. The topological polar surface area (TPSA) is 55.0 Å². The van der Waals surface area contributed by atoms with Gasteiger partial charge in [0.05, 0.1) is 0 Å². The summed E-state index contributed by atoms with van der Waals surface area (Å²) in [6.07, 6.45) is 4.79. The van der Waals surface area contributed by atoms with Crippen LogP contribution < -0.4 is 10.6 Å². The van der Waals surface area contributed by atoms with Crippen molar-refractivity contribution in [3.05, 3.63) is 53.9 Å². The molecular weight excluding hydrogens is 286 g/mol. The Bertz CT molecular complexity index is 635. The number of anilines is 1. The van der Waals surface area contributed by atoms with Crippen LogP contribution in [0.15, 0.2) is 36.7 Å². The van der Waals surface area contributed by atoms with E-state index in [2.05, 4.69) is 9.97 Å². The lowest BCUT2D eigenvalue weighted by Gasteiger charge is -2.25. The maximum absolute atomic E-state index is 14.1. The normalized spacial score (nSPS) is 22.4. The van der Waals surface area contributed by atoms with Gasteiger partial charge in [-0.3, -0.25) is 0 Å². The number of benzene rings is 1. The predicted octanol–water partition coefficient (Wildman–Crippen LogP) is 2.47. The highest BCUT2D eigenvalue weighted by atomic mass is 19.2. The predicted molar refractivity (Wildman–Crippen MR) is 80.6 cm³/mol. The van der Waals surface area contributed by atoms with Crippen LogP contribution in [0.5, 0.6) is 0 Å². The minimum Gasteiger partial charge on any atom is -0.339 e. The molecule has 2 N–H and O–H groups in total. The van der Waals surface area contributed by atoms with Crippen molar-refractivity contribution in [2.75, 3.05) is 18.0 Å². The van der Waals surface area contributed by atoms with E-state index in [1.807, 2.05) is 4.90 Å². The van der Waals surface area contributed by atoms with Gasteiger partial charge in [-0.25, -0.2) is 18.7 Å². The summed E-state index contributed by atoms with van der Waals surface area (Å²) in [5.74, 6) is -1.14. The van der Waals surface area contributed by atoms with Crippen molar-refractivity contribution in [1.82, 2.24) is 9.97 Å². The van der Waals surface area contributed by atoms with Crippen LogP contribution in [-0.2, 0) is 0 Å². The number of halogens is 2. The molecule has 1 aromatic heterocycles. The van der Waals surface area contributed by atoms with Crippen molar-refractivity contribution in [2.24, 2.45) is 5.73 Å². The standard InChI is InChI=1S/C16H18F2N4/c17-14-4-1-3-13(15(14)18)11-5-6-12(19)10-22(9-11)16-20-7-2-8-21-16/h1-4,7-8,11-12H,5-6,9-10,19H2. The summed E-state index contributed by atoms with van der Waals surface area (Å²) >= 11 is 0. The molecule has 3 rings (SSSR count). The summed E-state index contributed by atoms with van der Waals surface area (Å²) in [5.41, 5.74) is 6.50. The minimum atomic E-state index is -0.812. The monoisotopic (exact) mass is 304 g/mol. The molecular formula is C16H18F2N4. The Morgan fingerprint density at radius 2 is 1.82 bits per heavy atom. The third-order valence-corrected chi connectivity index (χ3v) is 4.04. The van der Waals surface area contributed by atoms with E-state index in [0.29, 0.717) is 31.0 Å². The van der Waals surface area contributed by atoms with Gasteiger partial charge in [0.15, 0.2) is 11.6 Å². The van der Waals surface area contributed by atoms with Crippen LogP contribution >= 0.6 is 0 Å². The zero-order chi connectivity index (χ0) is 15.5. The minimum absolute atomic E-state index is 0.0366. The van der Waals surface area contributed by atoms with Crippen LogP contribution in [0.25, 0.3) is 0 Å². The quantitative estimate of drug-likeness (QED) is 0.926. The third-order valence-electron chi connectivity index (χ3n) is 4.04. The van der Waals surface area contributed by atoms with Gasteiger partial charge in [-0.05, 0) is 30.5 Å². The smallest absolute Gasteiger partial charge is 0.225 e. The Morgan fingerprint density at radius 1 is 1.05 bits per heavy atom. The van der Waals surface area contributed by atoms with E-state index in [0.717, 1.165) is 12.5 Å². The van der Waals surface area contributed by atoms with Crippen molar-refractivity contribution in [2.45, 2.75) is 24.8 Å².